The summed E-state index contributed by atoms with van der Waals surface area (Å²) in [5.74, 6) is -0.235. The van der Waals surface area contributed by atoms with Crippen molar-refractivity contribution in [3.8, 4) is 34.3 Å². The number of nitrogens with one attached hydrogen (secondary N) is 2. The molecule has 2 fully saturated rings. The van der Waals surface area contributed by atoms with Crippen LogP contribution in [0.1, 0.15) is 65.1 Å². The molecule has 16 nitrogen and oxygen atoms in total. The number of hydrogen-bond donors (Lipinski definition) is 3. The van der Waals surface area contributed by atoms with Gasteiger partial charge in [0.05, 0.1) is 35.8 Å². The van der Waals surface area contributed by atoms with Crippen LogP contribution in [0.25, 0.3) is 22.5 Å². The topological polar surface area (TPSA) is 203 Å². The van der Waals surface area contributed by atoms with E-state index in [2.05, 4.69) is 20.6 Å². The number of oxazole rings is 1. The third-order valence-electron chi connectivity index (χ3n) is 11.8. The van der Waals surface area contributed by atoms with E-state index >= 15 is 0 Å². The Morgan fingerprint density at radius 2 is 1.65 bits per heavy atom. The zero-order valence-electron chi connectivity index (χ0n) is 38.4. The number of unbranched alkanes of at least 4 members (excludes halogenated alkanes) is 1. The maximum atomic E-state index is 14.0. The zero-order valence-corrected chi connectivity index (χ0v) is 40.0. The number of aromatic nitrogens is 2. The van der Waals surface area contributed by atoms with Crippen LogP contribution in [0.4, 0.5) is 11.4 Å². The summed E-state index contributed by atoms with van der Waals surface area (Å²) in [7, 11) is 0. The van der Waals surface area contributed by atoms with Gasteiger partial charge in [0.2, 0.25) is 17.7 Å². The molecule has 2 aliphatic rings. The van der Waals surface area contributed by atoms with Crippen molar-refractivity contribution in [2.45, 2.75) is 84.2 Å². The molecule has 18 heteroatoms. The number of β-amino-alcohol motifs (C(OH)–C–C–N with tert-alkyl or cyclic N) is 1. The van der Waals surface area contributed by atoms with Crippen LogP contribution in [0.3, 0.4) is 0 Å². The minimum absolute atomic E-state index is 0.0284. The van der Waals surface area contributed by atoms with Crippen molar-refractivity contribution >= 4 is 63.9 Å². The Morgan fingerprint density at radius 3 is 2.28 bits per heavy atom. The Balaban J connectivity index is 0.831. The third kappa shape index (κ3) is 11.2. The molecule has 0 unspecified atom stereocenters. The SMILES string of the molecule is CC(C)(C)[C@H](NC(=O)COCCCCOc1ccc(-c2ccc(N3C(=S)N(c4cnc(C#N)c(Cl)c4)C(=O)C3(C)C)cc2)cc1)C(=O)N1C[C@H](O)C[C@H]1C(=O)NCc1ccc(-c2cnco2)cc1. The molecule has 7 rings (SSSR count). The zero-order chi connectivity index (χ0) is 48.8. The number of amides is 4. The summed E-state index contributed by atoms with van der Waals surface area (Å²) in [6, 6.07) is 24.5. The van der Waals surface area contributed by atoms with Crippen LogP contribution < -0.4 is 25.2 Å². The lowest BCUT2D eigenvalue weighted by molar-refractivity contribution is -0.144. The summed E-state index contributed by atoms with van der Waals surface area (Å²) in [4.78, 5) is 66.5. The average molecular weight is 962 g/mol. The fourth-order valence-electron chi connectivity index (χ4n) is 8.07. The molecule has 4 amide bonds. The number of nitrogens with zero attached hydrogens (tertiary/aromatic N) is 6. The summed E-state index contributed by atoms with van der Waals surface area (Å²) in [5.41, 5.74) is 3.08. The number of pyridine rings is 1. The first-order valence-electron chi connectivity index (χ1n) is 22.1. The minimum atomic E-state index is -0.999. The van der Waals surface area contributed by atoms with E-state index < -0.39 is 46.9 Å². The van der Waals surface area contributed by atoms with Gasteiger partial charge in [0.1, 0.15) is 36.0 Å². The fourth-order valence-corrected chi connectivity index (χ4v) is 8.80. The predicted molar refractivity (Wildman–Crippen MR) is 259 cm³/mol. The number of likely N-dealkylation sites (tertiary alicyclic amines) is 1. The smallest absolute Gasteiger partial charge is 0.259 e. The van der Waals surface area contributed by atoms with Gasteiger partial charge >= 0.3 is 0 Å². The molecule has 68 heavy (non-hydrogen) atoms. The van der Waals surface area contributed by atoms with Gasteiger partial charge in [0, 0.05) is 37.4 Å². The lowest BCUT2D eigenvalue weighted by atomic mass is 9.85. The van der Waals surface area contributed by atoms with Crippen molar-refractivity contribution in [3.63, 3.8) is 0 Å². The lowest BCUT2D eigenvalue weighted by Gasteiger charge is -2.35. The van der Waals surface area contributed by atoms with E-state index in [1.807, 2.05) is 99.6 Å². The van der Waals surface area contributed by atoms with Gasteiger partial charge in [-0.15, -0.1) is 0 Å². The molecule has 3 N–H and O–H groups in total. The molecule has 354 valence electrons. The maximum absolute atomic E-state index is 14.0. The second-order valence-corrected chi connectivity index (χ2v) is 18.9. The van der Waals surface area contributed by atoms with E-state index in [1.54, 1.807) is 24.9 Å². The Hall–Kier alpha value is -6.71. The van der Waals surface area contributed by atoms with E-state index in [1.165, 1.54) is 28.5 Å². The summed E-state index contributed by atoms with van der Waals surface area (Å²) in [6.07, 6.45) is 4.89. The number of halogens is 1. The van der Waals surface area contributed by atoms with Crippen LogP contribution in [-0.4, -0.2) is 98.8 Å². The van der Waals surface area contributed by atoms with Crippen LogP contribution in [0.2, 0.25) is 5.02 Å². The highest BCUT2D eigenvalue weighted by Gasteiger charge is 2.50. The van der Waals surface area contributed by atoms with E-state index in [-0.39, 0.29) is 47.9 Å². The van der Waals surface area contributed by atoms with Crippen molar-refractivity contribution in [1.82, 2.24) is 25.5 Å². The number of hydrogen-bond acceptors (Lipinski definition) is 12. The molecule has 0 radical (unpaired) electrons. The number of thiocarbonyl (C=S) groups is 1. The van der Waals surface area contributed by atoms with Gasteiger partial charge in [-0.05, 0) is 91.3 Å². The van der Waals surface area contributed by atoms with Gasteiger partial charge < -0.3 is 39.4 Å². The monoisotopic (exact) mass is 960 g/mol. The summed E-state index contributed by atoms with van der Waals surface area (Å²) >= 11 is 12.0. The second-order valence-electron chi connectivity index (χ2n) is 18.2. The molecule has 0 bridgehead atoms. The standard InChI is InChI=1S/C50H53ClN8O8S/c1-49(2,3)44(46(63)57-28-37(60)23-41(57)45(62)55-25-31-8-10-34(11-9-31)42-27-53-30-67-42)56-43(61)29-65-20-6-7-21-66-38-18-14-33(15-19-38)32-12-16-35(17-13-32)59-48(68)58(47(64)50(59,4)5)36-22-39(51)40(24-52)54-26-36/h8-19,22,26-27,30,37,41,44,60H,6-7,20-21,23,25,28-29H2,1-5H3,(H,55,62)(H,56,61)/t37-,41+,44-/m1/s1. The minimum Gasteiger partial charge on any atom is -0.494 e. The Bertz CT molecular complexity index is 2670. The van der Waals surface area contributed by atoms with Crippen molar-refractivity contribution in [1.29, 1.82) is 5.26 Å². The molecule has 3 atom stereocenters. The molecule has 3 aromatic carbocycles. The van der Waals surface area contributed by atoms with Crippen LogP contribution in [0, 0.1) is 16.7 Å². The van der Waals surface area contributed by atoms with Crippen LogP contribution >= 0.6 is 23.8 Å². The molecular weight excluding hydrogens is 908 g/mol. The highest BCUT2D eigenvalue weighted by molar-refractivity contribution is 7.81. The van der Waals surface area contributed by atoms with Crippen molar-refractivity contribution in [2.75, 3.05) is 36.2 Å². The molecule has 2 aromatic heterocycles. The number of carbonyl (C=O) groups is 4. The summed E-state index contributed by atoms with van der Waals surface area (Å²) in [6.45, 7) is 9.74. The molecule has 2 aliphatic heterocycles. The predicted octanol–water partition coefficient (Wildman–Crippen LogP) is 6.83. The van der Waals surface area contributed by atoms with Crippen molar-refractivity contribution in [3.05, 3.63) is 114 Å². The number of aliphatic hydroxyl groups excluding tert-OH is 1. The van der Waals surface area contributed by atoms with Crippen LogP contribution in [-0.2, 0) is 30.5 Å². The third-order valence-corrected chi connectivity index (χ3v) is 12.4. The molecule has 0 spiro atoms. The highest BCUT2D eigenvalue weighted by Crippen LogP contribution is 2.38. The number of aliphatic hydroxyl groups is 1. The Kier molecular flexibility index (Phi) is 15.2. The van der Waals surface area contributed by atoms with Gasteiger partial charge in [-0.25, -0.2) is 9.97 Å². The highest BCUT2D eigenvalue weighted by atomic mass is 35.5. The van der Waals surface area contributed by atoms with E-state index in [0.717, 1.165) is 27.9 Å². The summed E-state index contributed by atoms with van der Waals surface area (Å²) in [5, 5.41) is 25.9. The fraction of sp³-hybridized carbons (Fsp3) is 0.360. The molecule has 2 saturated heterocycles. The molecule has 0 aliphatic carbocycles. The number of anilines is 2. The first-order chi connectivity index (χ1) is 32.5. The van der Waals surface area contributed by atoms with Crippen LogP contribution in [0.5, 0.6) is 5.75 Å². The normalized spacial score (nSPS) is 17.2. The molecule has 0 saturated carbocycles. The summed E-state index contributed by atoms with van der Waals surface area (Å²) < 4.78 is 17.0. The lowest BCUT2D eigenvalue weighted by Crippen LogP contribution is -2.58. The van der Waals surface area contributed by atoms with Gasteiger partial charge in [-0.1, -0.05) is 80.9 Å². The van der Waals surface area contributed by atoms with E-state index in [9.17, 15) is 29.5 Å². The van der Waals surface area contributed by atoms with Gasteiger partial charge in [0.15, 0.2) is 23.0 Å². The van der Waals surface area contributed by atoms with E-state index in [0.29, 0.717) is 43.3 Å². The quantitative estimate of drug-likeness (QED) is 0.0647. The number of carbonyl (C=O) groups excluding carboxylic acids is 4. The second kappa shape index (κ2) is 21.1. The van der Waals surface area contributed by atoms with Gasteiger partial charge in [-0.2, -0.15) is 5.26 Å². The molecule has 5 aromatic rings. The average Bonchev–Trinajstić information content (AvgIpc) is 4.04. The maximum Gasteiger partial charge on any atom is 0.259 e. The number of ether oxygens (including phenoxy) is 2. The van der Waals surface area contributed by atoms with Gasteiger partial charge in [-0.3, -0.25) is 24.1 Å². The van der Waals surface area contributed by atoms with Crippen LogP contribution in [0.15, 0.2) is 102 Å². The first kappa shape index (κ1) is 49.2. The number of nitriles is 1. The van der Waals surface area contributed by atoms with E-state index in [4.69, 9.17) is 37.7 Å². The van der Waals surface area contributed by atoms with Crippen molar-refractivity contribution < 1.29 is 38.2 Å². The number of rotatable bonds is 17. The Labute approximate surface area is 405 Å². The molecular formula is C50H53ClN8O8S. The molecule has 4 heterocycles. The Morgan fingerprint density at radius 1 is 0.985 bits per heavy atom. The largest absolute Gasteiger partial charge is 0.494 e. The van der Waals surface area contributed by atoms with Gasteiger partial charge in [0.25, 0.3) is 5.91 Å². The number of benzene rings is 3. The van der Waals surface area contributed by atoms with Crippen molar-refractivity contribution in [2.24, 2.45) is 5.41 Å². The first-order valence-corrected chi connectivity index (χ1v) is 22.9.